The lowest BCUT2D eigenvalue weighted by Crippen LogP contribution is -2.46. The number of likely N-dealkylation sites (tertiary alicyclic amines) is 1. The van der Waals surface area contributed by atoms with Gasteiger partial charge in [0.25, 0.3) is 5.69 Å². The number of fused-ring (bicyclic) bond motifs is 2. The van der Waals surface area contributed by atoms with E-state index in [1.54, 1.807) is 0 Å². The molecule has 0 bridgehead atoms. The molecule has 0 radical (unpaired) electrons. The Hall–Kier alpha value is -2.64. The molecule has 8 nitrogen and oxygen atoms in total. The highest BCUT2D eigenvalue weighted by molar-refractivity contribution is 5.80. The van der Waals surface area contributed by atoms with Gasteiger partial charge < -0.3 is 9.32 Å². The number of amides is 1. The van der Waals surface area contributed by atoms with Gasteiger partial charge in [0.15, 0.2) is 5.58 Å². The van der Waals surface area contributed by atoms with Gasteiger partial charge in [0, 0.05) is 19.2 Å². The topological polar surface area (TPSA) is 98.6 Å². The molecule has 1 aliphatic heterocycles. The Kier molecular flexibility index (Phi) is 4.26. The molecule has 0 N–H and O–H groups in total. The number of benzene rings is 1. The molecule has 1 aromatic heterocycles. The van der Waals surface area contributed by atoms with E-state index in [-0.39, 0.29) is 23.7 Å². The minimum atomic E-state index is -0.665. The molecule has 1 aliphatic carbocycles. The van der Waals surface area contributed by atoms with Crippen molar-refractivity contribution in [2.45, 2.75) is 38.6 Å². The molecule has 2 aromatic rings. The Morgan fingerprint density at radius 3 is 2.77 bits per heavy atom. The maximum atomic E-state index is 12.7. The second kappa shape index (κ2) is 6.59. The number of oxazole rings is 1. The number of aromatic nitrogens is 1. The average molecular weight is 359 g/mol. The summed E-state index contributed by atoms with van der Waals surface area (Å²) >= 11 is 0. The molecular weight excluding hydrogens is 338 g/mol. The molecule has 2 aliphatic rings. The number of nitrogens with zero attached hydrogens (tertiary/aromatic N) is 3. The van der Waals surface area contributed by atoms with Crippen molar-refractivity contribution in [2.75, 3.05) is 13.1 Å². The van der Waals surface area contributed by atoms with Crippen LogP contribution in [0.4, 0.5) is 5.69 Å². The lowest BCUT2D eigenvalue weighted by molar-refractivity contribution is -0.384. The van der Waals surface area contributed by atoms with Crippen molar-refractivity contribution in [1.29, 1.82) is 0 Å². The van der Waals surface area contributed by atoms with Crippen LogP contribution in [0.25, 0.3) is 11.1 Å². The fourth-order valence-electron chi connectivity index (χ4n) is 4.38. The highest BCUT2D eigenvalue weighted by Gasteiger charge is 2.33. The van der Waals surface area contributed by atoms with Crippen molar-refractivity contribution in [3.8, 4) is 0 Å². The van der Waals surface area contributed by atoms with E-state index in [4.69, 9.17) is 4.42 Å². The van der Waals surface area contributed by atoms with E-state index >= 15 is 0 Å². The first kappa shape index (κ1) is 16.8. The molecule has 0 unspecified atom stereocenters. The molecule has 26 heavy (non-hydrogen) atoms. The SMILES string of the molecule is O=C(Cn1c(=O)oc2cc([N+](=O)[O-])ccc21)N1CC[C@H]2CCCC[C@H]2C1. The highest BCUT2D eigenvalue weighted by atomic mass is 16.6. The van der Waals surface area contributed by atoms with Gasteiger partial charge in [0.05, 0.1) is 16.5 Å². The highest BCUT2D eigenvalue weighted by Crippen LogP contribution is 2.36. The monoisotopic (exact) mass is 359 g/mol. The molecule has 1 aromatic carbocycles. The third-order valence-corrected chi connectivity index (χ3v) is 5.80. The smallest absolute Gasteiger partial charge is 0.407 e. The van der Waals surface area contributed by atoms with E-state index < -0.39 is 10.7 Å². The molecule has 1 saturated carbocycles. The van der Waals surface area contributed by atoms with E-state index in [9.17, 15) is 19.7 Å². The maximum absolute atomic E-state index is 12.7. The summed E-state index contributed by atoms with van der Waals surface area (Å²) in [5.41, 5.74) is 0.383. The number of nitro groups is 1. The van der Waals surface area contributed by atoms with E-state index in [0.717, 1.165) is 25.4 Å². The van der Waals surface area contributed by atoms with Crippen LogP contribution in [0.15, 0.2) is 27.4 Å². The normalized spacial score (nSPS) is 23.0. The Labute approximate surface area is 149 Å². The van der Waals surface area contributed by atoms with Crippen LogP contribution in [0.1, 0.15) is 32.1 Å². The van der Waals surface area contributed by atoms with Crippen LogP contribution in [-0.2, 0) is 11.3 Å². The number of piperidine rings is 1. The van der Waals surface area contributed by atoms with Crippen LogP contribution in [0.2, 0.25) is 0 Å². The van der Waals surface area contributed by atoms with Crippen molar-refractivity contribution < 1.29 is 14.1 Å². The molecule has 1 saturated heterocycles. The van der Waals surface area contributed by atoms with Crippen molar-refractivity contribution in [2.24, 2.45) is 11.8 Å². The lowest BCUT2D eigenvalue weighted by atomic mass is 9.75. The predicted octanol–water partition coefficient (Wildman–Crippen LogP) is 2.54. The number of non-ortho nitro benzene ring substituents is 1. The third kappa shape index (κ3) is 3.00. The summed E-state index contributed by atoms with van der Waals surface area (Å²) in [4.78, 5) is 37.0. The molecule has 0 spiro atoms. The first-order valence-electron chi connectivity index (χ1n) is 9.08. The van der Waals surface area contributed by atoms with Crippen molar-refractivity contribution in [1.82, 2.24) is 9.47 Å². The summed E-state index contributed by atoms with van der Waals surface area (Å²) in [6, 6.07) is 3.98. The van der Waals surface area contributed by atoms with Gasteiger partial charge in [-0.25, -0.2) is 4.79 Å². The first-order valence-corrected chi connectivity index (χ1v) is 9.08. The zero-order valence-electron chi connectivity index (χ0n) is 14.4. The van der Waals surface area contributed by atoms with Gasteiger partial charge in [0.1, 0.15) is 6.54 Å². The van der Waals surface area contributed by atoms with Crippen molar-refractivity contribution in [3.05, 3.63) is 38.9 Å². The van der Waals surface area contributed by atoms with Gasteiger partial charge in [0.2, 0.25) is 5.91 Å². The summed E-state index contributed by atoms with van der Waals surface area (Å²) in [6.45, 7) is 1.40. The van der Waals surface area contributed by atoms with Gasteiger partial charge in [-0.1, -0.05) is 19.3 Å². The Morgan fingerprint density at radius 1 is 1.23 bits per heavy atom. The summed E-state index contributed by atoms with van der Waals surface area (Å²) < 4.78 is 6.35. The standard InChI is InChI=1S/C18H21N3O5/c22-17(19-8-7-12-3-1-2-4-13(12)10-19)11-20-15-6-5-14(21(24)25)9-16(15)26-18(20)23/h5-6,9,12-13H,1-4,7-8,10-11H2/t12-,13+/m1/s1. The molecule has 2 heterocycles. The quantitative estimate of drug-likeness (QED) is 0.619. The molecule has 2 atom stereocenters. The fraction of sp³-hybridized carbons (Fsp3) is 0.556. The number of hydrogen-bond donors (Lipinski definition) is 0. The summed E-state index contributed by atoms with van der Waals surface area (Å²) in [7, 11) is 0. The summed E-state index contributed by atoms with van der Waals surface area (Å²) in [5.74, 6) is 0.534. The second-order valence-electron chi connectivity index (χ2n) is 7.30. The number of carbonyl (C=O) groups excluding carboxylic acids is 1. The maximum Gasteiger partial charge on any atom is 0.420 e. The number of nitro benzene ring substituents is 1. The predicted molar refractivity (Wildman–Crippen MR) is 93.8 cm³/mol. The number of carbonyl (C=O) groups is 1. The van der Waals surface area contributed by atoms with E-state index in [0.29, 0.717) is 11.4 Å². The zero-order valence-corrected chi connectivity index (χ0v) is 14.4. The minimum absolute atomic E-state index is 0.0962. The number of hydrogen-bond acceptors (Lipinski definition) is 5. The van der Waals surface area contributed by atoms with Gasteiger partial charge in [-0.15, -0.1) is 0 Å². The Balaban J connectivity index is 1.53. The molecular formula is C18H21N3O5. The van der Waals surface area contributed by atoms with Gasteiger partial charge in [-0.05, 0) is 30.7 Å². The Morgan fingerprint density at radius 2 is 2.00 bits per heavy atom. The van der Waals surface area contributed by atoms with Crippen LogP contribution < -0.4 is 5.76 Å². The van der Waals surface area contributed by atoms with Gasteiger partial charge in [-0.3, -0.25) is 19.5 Å². The molecule has 1 amide bonds. The van der Waals surface area contributed by atoms with Crippen LogP contribution >= 0.6 is 0 Å². The van der Waals surface area contributed by atoms with Crippen LogP contribution in [0.3, 0.4) is 0 Å². The third-order valence-electron chi connectivity index (χ3n) is 5.80. The van der Waals surface area contributed by atoms with Crippen LogP contribution in [-0.4, -0.2) is 33.4 Å². The number of rotatable bonds is 3. The van der Waals surface area contributed by atoms with Crippen LogP contribution in [0.5, 0.6) is 0 Å². The average Bonchev–Trinajstić information content (AvgIpc) is 2.95. The Bertz CT molecular complexity index is 915. The second-order valence-corrected chi connectivity index (χ2v) is 7.30. The van der Waals surface area contributed by atoms with E-state index in [1.807, 2.05) is 4.90 Å². The zero-order chi connectivity index (χ0) is 18.3. The largest absolute Gasteiger partial charge is 0.420 e. The van der Waals surface area contributed by atoms with Crippen LogP contribution in [0, 0.1) is 22.0 Å². The summed E-state index contributed by atoms with van der Waals surface area (Å²) in [5, 5.41) is 10.9. The van der Waals surface area contributed by atoms with Gasteiger partial charge in [-0.2, -0.15) is 0 Å². The minimum Gasteiger partial charge on any atom is -0.407 e. The van der Waals surface area contributed by atoms with E-state index in [1.165, 1.54) is 48.4 Å². The lowest BCUT2D eigenvalue weighted by Gasteiger charge is -2.41. The van der Waals surface area contributed by atoms with E-state index in [2.05, 4.69) is 0 Å². The molecule has 8 heteroatoms. The fourth-order valence-corrected chi connectivity index (χ4v) is 4.38. The van der Waals surface area contributed by atoms with Gasteiger partial charge >= 0.3 is 5.76 Å². The van der Waals surface area contributed by atoms with Crippen molar-refractivity contribution >= 4 is 22.7 Å². The molecule has 138 valence electrons. The van der Waals surface area contributed by atoms with Crippen molar-refractivity contribution in [3.63, 3.8) is 0 Å². The molecule has 4 rings (SSSR count). The molecule has 2 fully saturated rings. The first-order chi connectivity index (χ1) is 12.5. The summed E-state index contributed by atoms with van der Waals surface area (Å²) in [6.07, 6.45) is 5.99.